The Hall–Kier alpha value is -3.16. The molecule has 8 heteroatoms. The van der Waals surface area contributed by atoms with E-state index in [1.807, 2.05) is 26.8 Å². The van der Waals surface area contributed by atoms with Gasteiger partial charge in [-0.2, -0.15) is 14.9 Å². The van der Waals surface area contributed by atoms with Gasteiger partial charge in [0.2, 0.25) is 0 Å². The summed E-state index contributed by atoms with van der Waals surface area (Å²) in [5.74, 6) is 1.02. The predicted octanol–water partition coefficient (Wildman–Crippen LogP) is 2.07. The van der Waals surface area contributed by atoms with Crippen molar-refractivity contribution in [1.29, 1.82) is 0 Å². The molecule has 0 atom stereocenters. The summed E-state index contributed by atoms with van der Waals surface area (Å²) in [6, 6.07) is 6.99. The minimum absolute atomic E-state index is 0.0987. The van der Waals surface area contributed by atoms with Crippen LogP contribution in [0.3, 0.4) is 0 Å². The molecule has 0 fully saturated rings. The van der Waals surface area contributed by atoms with Crippen LogP contribution in [0.25, 0.3) is 5.95 Å². The summed E-state index contributed by atoms with van der Waals surface area (Å²) in [6.07, 6.45) is 3.15. The second kappa shape index (κ2) is 6.53. The molecule has 0 amide bonds. The molecule has 3 aromatic rings. The van der Waals surface area contributed by atoms with Gasteiger partial charge in [0, 0.05) is 5.69 Å². The molecule has 0 radical (unpaired) electrons. The standard InChI is InChI=1S/C16H18N6O2/c1-4-24-15-8-13(5-6-14(15)23)9-18-21-10-17-19-16(21)22-12(3)7-11(2)20-22/h5-10,23H,4H2,1-3H3/b18-9-. The number of hydrogen-bond acceptors (Lipinski definition) is 6. The summed E-state index contributed by atoms with van der Waals surface area (Å²) >= 11 is 0. The van der Waals surface area contributed by atoms with Crippen LogP contribution in [-0.2, 0) is 0 Å². The first kappa shape index (κ1) is 15.7. The third-order valence-corrected chi connectivity index (χ3v) is 3.33. The van der Waals surface area contributed by atoms with Crippen LogP contribution < -0.4 is 4.74 Å². The highest BCUT2D eigenvalue weighted by Gasteiger charge is 2.10. The number of nitrogens with zero attached hydrogens (tertiary/aromatic N) is 6. The number of aromatic hydroxyl groups is 1. The maximum absolute atomic E-state index is 9.74. The first-order valence-electron chi connectivity index (χ1n) is 7.52. The number of benzene rings is 1. The summed E-state index contributed by atoms with van der Waals surface area (Å²) in [7, 11) is 0. The normalized spacial score (nSPS) is 11.3. The number of aromatic nitrogens is 5. The Morgan fingerprint density at radius 2 is 2.12 bits per heavy atom. The van der Waals surface area contributed by atoms with Crippen molar-refractivity contribution in [3.8, 4) is 17.4 Å². The van der Waals surface area contributed by atoms with Gasteiger partial charge in [-0.3, -0.25) is 0 Å². The number of rotatable bonds is 5. The molecule has 0 unspecified atom stereocenters. The monoisotopic (exact) mass is 326 g/mol. The van der Waals surface area contributed by atoms with Crippen molar-refractivity contribution >= 4 is 6.21 Å². The fourth-order valence-electron chi connectivity index (χ4n) is 2.29. The van der Waals surface area contributed by atoms with Crippen LogP contribution in [0.15, 0.2) is 35.7 Å². The minimum atomic E-state index is 0.0987. The molecule has 1 aromatic carbocycles. The van der Waals surface area contributed by atoms with E-state index in [1.54, 1.807) is 29.1 Å². The van der Waals surface area contributed by atoms with Gasteiger partial charge >= 0.3 is 0 Å². The van der Waals surface area contributed by atoms with E-state index in [9.17, 15) is 5.11 Å². The molecule has 0 saturated heterocycles. The Morgan fingerprint density at radius 1 is 1.29 bits per heavy atom. The zero-order chi connectivity index (χ0) is 17.1. The van der Waals surface area contributed by atoms with Crippen molar-refractivity contribution in [1.82, 2.24) is 24.7 Å². The lowest BCUT2D eigenvalue weighted by Crippen LogP contribution is -2.06. The number of phenolic OH excluding ortho intramolecular Hbond substituents is 1. The Labute approximate surface area is 139 Å². The van der Waals surface area contributed by atoms with Gasteiger partial charge in [-0.25, -0.2) is 4.68 Å². The van der Waals surface area contributed by atoms with E-state index in [-0.39, 0.29) is 5.75 Å². The maximum atomic E-state index is 9.74. The fourth-order valence-corrected chi connectivity index (χ4v) is 2.29. The van der Waals surface area contributed by atoms with Gasteiger partial charge in [-0.15, -0.1) is 10.2 Å². The van der Waals surface area contributed by atoms with E-state index in [4.69, 9.17) is 4.74 Å². The number of ether oxygens (including phenoxy) is 1. The van der Waals surface area contributed by atoms with Crippen LogP contribution in [0.4, 0.5) is 0 Å². The lowest BCUT2D eigenvalue weighted by atomic mass is 10.2. The molecule has 0 aliphatic heterocycles. The van der Waals surface area contributed by atoms with Gasteiger partial charge < -0.3 is 9.84 Å². The smallest absolute Gasteiger partial charge is 0.273 e. The summed E-state index contributed by atoms with van der Waals surface area (Å²) in [6.45, 7) is 6.19. The molecule has 0 aliphatic rings. The molecule has 8 nitrogen and oxygen atoms in total. The maximum Gasteiger partial charge on any atom is 0.273 e. The Balaban J connectivity index is 1.90. The van der Waals surface area contributed by atoms with Crippen LogP contribution in [0.1, 0.15) is 23.9 Å². The van der Waals surface area contributed by atoms with Crippen molar-refractivity contribution in [3.63, 3.8) is 0 Å². The molecular formula is C16H18N6O2. The van der Waals surface area contributed by atoms with Crippen molar-refractivity contribution < 1.29 is 9.84 Å². The van der Waals surface area contributed by atoms with Crippen molar-refractivity contribution in [2.24, 2.45) is 5.10 Å². The average molecular weight is 326 g/mol. The zero-order valence-electron chi connectivity index (χ0n) is 13.7. The van der Waals surface area contributed by atoms with E-state index in [0.717, 1.165) is 17.0 Å². The Bertz CT molecular complexity index is 881. The molecule has 1 N–H and O–H groups in total. The molecule has 2 aromatic heterocycles. The molecule has 0 bridgehead atoms. The van der Waals surface area contributed by atoms with E-state index < -0.39 is 0 Å². The largest absolute Gasteiger partial charge is 0.504 e. The summed E-state index contributed by atoms with van der Waals surface area (Å²) in [5.41, 5.74) is 2.62. The highest BCUT2D eigenvalue weighted by atomic mass is 16.5. The van der Waals surface area contributed by atoms with Gasteiger partial charge in [0.15, 0.2) is 11.5 Å². The second-order valence-electron chi connectivity index (χ2n) is 5.22. The zero-order valence-corrected chi connectivity index (χ0v) is 13.7. The van der Waals surface area contributed by atoms with Crippen LogP contribution in [0.2, 0.25) is 0 Å². The first-order chi connectivity index (χ1) is 11.6. The molecule has 124 valence electrons. The third kappa shape index (κ3) is 3.12. The van der Waals surface area contributed by atoms with Gasteiger partial charge in [-0.05, 0) is 50.6 Å². The first-order valence-corrected chi connectivity index (χ1v) is 7.52. The van der Waals surface area contributed by atoms with E-state index in [2.05, 4.69) is 20.4 Å². The number of aryl methyl sites for hydroxylation is 2. The minimum Gasteiger partial charge on any atom is -0.504 e. The molecule has 3 rings (SSSR count). The molecule has 0 saturated carbocycles. The lowest BCUT2D eigenvalue weighted by molar-refractivity contribution is 0.318. The quantitative estimate of drug-likeness (QED) is 0.725. The highest BCUT2D eigenvalue weighted by Crippen LogP contribution is 2.26. The van der Waals surface area contributed by atoms with Crippen LogP contribution in [-0.4, -0.2) is 42.6 Å². The molecule has 2 heterocycles. The number of hydrogen-bond donors (Lipinski definition) is 1. The van der Waals surface area contributed by atoms with Crippen molar-refractivity contribution in [2.45, 2.75) is 20.8 Å². The van der Waals surface area contributed by atoms with E-state index in [0.29, 0.717) is 18.3 Å². The van der Waals surface area contributed by atoms with Crippen molar-refractivity contribution in [2.75, 3.05) is 6.61 Å². The van der Waals surface area contributed by atoms with E-state index in [1.165, 1.54) is 11.0 Å². The molecule has 24 heavy (non-hydrogen) atoms. The van der Waals surface area contributed by atoms with Crippen LogP contribution in [0.5, 0.6) is 11.5 Å². The van der Waals surface area contributed by atoms with Crippen LogP contribution in [0, 0.1) is 13.8 Å². The predicted molar refractivity (Wildman–Crippen MR) is 88.9 cm³/mol. The number of phenols is 1. The summed E-state index contributed by atoms with van der Waals surface area (Å²) in [5, 5.41) is 26.5. The lowest BCUT2D eigenvalue weighted by Gasteiger charge is -2.06. The van der Waals surface area contributed by atoms with Gasteiger partial charge in [0.1, 0.15) is 6.33 Å². The topological polar surface area (TPSA) is 90.4 Å². The second-order valence-corrected chi connectivity index (χ2v) is 5.22. The van der Waals surface area contributed by atoms with Gasteiger partial charge in [-0.1, -0.05) is 0 Å². The van der Waals surface area contributed by atoms with Gasteiger partial charge in [0.25, 0.3) is 5.95 Å². The molecule has 0 spiro atoms. The summed E-state index contributed by atoms with van der Waals surface area (Å²) in [4.78, 5) is 0. The Morgan fingerprint density at radius 3 is 2.83 bits per heavy atom. The third-order valence-electron chi connectivity index (χ3n) is 3.33. The molecular weight excluding hydrogens is 308 g/mol. The summed E-state index contributed by atoms with van der Waals surface area (Å²) < 4.78 is 8.59. The van der Waals surface area contributed by atoms with Gasteiger partial charge in [0.05, 0.1) is 18.5 Å². The van der Waals surface area contributed by atoms with E-state index >= 15 is 0 Å². The average Bonchev–Trinajstić information content (AvgIpc) is 3.14. The Kier molecular flexibility index (Phi) is 4.28. The SMILES string of the molecule is CCOc1cc(/C=N\n2cnnc2-n2nc(C)cc2C)ccc1O. The van der Waals surface area contributed by atoms with Crippen molar-refractivity contribution in [3.05, 3.63) is 47.5 Å². The van der Waals surface area contributed by atoms with Crippen LogP contribution >= 0.6 is 0 Å². The highest BCUT2D eigenvalue weighted by molar-refractivity contribution is 5.80. The molecule has 0 aliphatic carbocycles. The fraction of sp³-hybridized carbons (Fsp3) is 0.250.